The number of amides is 3. The number of allylic oxidation sites excluding steroid dienone is 1. The van der Waals surface area contributed by atoms with E-state index in [-0.39, 0.29) is 31.2 Å². The number of hydrogen-bond donors (Lipinski definition) is 3. The van der Waals surface area contributed by atoms with Gasteiger partial charge in [-0.3, -0.25) is 19.1 Å². The van der Waals surface area contributed by atoms with E-state index in [1.165, 1.54) is 11.3 Å². The third-order valence-electron chi connectivity index (χ3n) is 9.75. The number of nitrogens with one attached hydrogen (secondary N) is 3. The lowest BCUT2D eigenvalue weighted by Crippen LogP contribution is -2.57. The highest BCUT2D eigenvalue weighted by Gasteiger charge is 2.62. The summed E-state index contributed by atoms with van der Waals surface area (Å²) in [5.41, 5.74) is 1.33. The van der Waals surface area contributed by atoms with Gasteiger partial charge in [0.25, 0.3) is 11.1 Å². The minimum Gasteiger partial charge on any atom is -0.465 e. The molecule has 3 amide bonds. The van der Waals surface area contributed by atoms with Gasteiger partial charge in [-0.2, -0.15) is 0 Å². The fraction of sp³-hybridized carbons (Fsp3) is 0.486. The third kappa shape index (κ3) is 6.93. The number of hydrogen-bond acceptors (Lipinski definition) is 9. The van der Waals surface area contributed by atoms with Crippen LogP contribution in [-0.2, 0) is 24.4 Å². The van der Waals surface area contributed by atoms with E-state index in [9.17, 15) is 22.8 Å². The molecule has 1 aromatic heterocycles. The molecular formula is C35H41N5O6S2. The average Bonchev–Trinajstić information content (AvgIpc) is 3.95. The number of fused-ring (bicyclic) bond motifs is 3. The molecule has 4 aliphatic rings. The van der Waals surface area contributed by atoms with Gasteiger partial charge in [0.1, 0.15) is 23.7 Å². The molecular weight excluding hydrogens is 651 g/mol. The number of aromatic nitrogens is 1. The predicted molar refractivity (Wildman–Crippen MR) is 184 cm³/mol. The highest BCUT2D eigenvalue weighted by atomic mass is 32.2. The van der Waals surface area contributed by atoms with Gasteiger partial charge in [0.15, 0.2) is 0 Å². The van der Waals surface area contributed by atoms with Gasteiger partial charge < -0.3 is 20.3 Å². The lowest BCUT2D eigenvalue weighted by atomic mass is 10.0. The zero-order valence-corrected chi connectivity index (χ0v) is 28.5. The molecule has 2 aliphatic carbocycles. The fourth-order valence-corrected chi connectivity index (χ4v) is 9.13. The highest BCUT2D eigenvalue weighted by molar-refractivity contribution is 7.91. The van der Waals surface area contributed by atoms with Crippen molar-refractivity contribution in [2.45, 2.75) is 93.7 Å². The molecule has 48 heavy (non-hydrogen) atoms. The molecule has 3 fully saturated rings. The first kappa shape index (κ1) is 32.6. The summed E-state index contributed by atoms with van der Waals surface area (Å²) in [5, 5.41) is 6.22. The summed E-state index contributed by atoms with van der Waals surface area (Å²) >= 11 is 1.42. The van der Waals surface area contributed by atoms with E-state index in [2.05, 4.69) is 20.3 Å². The monoisotopic (exact) mass is 691 g/mol. The Bertz CT molecular complexity index is 1840. The van der Waals surface area contributed by atoms with Crippen LogP contribution < -0.4 is 20.1 Å². The number of ether oxygens (including phenoxy) is 1. The maximum Gasteiger partial charge on any atom is 0.274 e. The molecule has 3 N–H and O–H groups in total. The van der Waals surface area contributed by atoms with Gasteiger partial charge in [-0.25, -0.2) is 13.4 Å². The van der Waals surface area contributed by atoms with Crippen molar-refractivity contribution < 1.29 is 27.5 Å². The summed E-state index contributed by atoms with van der Waals surface area (Å²) in [6, 6.07) is 14.0. The van der Waals surface area contributed by atoms with Crippen LogP contribution in [0.5, 0.6) is 5.19 Å². The minimum atomic E-state index is -3.82. The van der Waals surface area contributed by atoms with Crippen LogP contribution in [0.3, 0.4) is 0 Å². The van der Waals surface area contributed by atoms with Crippen molar-refractivity contribution in [3.05, 3.63) is 66.2 Å². The number of benzene rings is 2. The van der Waals surface area contributed by atoms with Crippen LogP contribution in [0.4, 0.5) is 5.69 Å². The van der Waals surface area contributed by atoms with Gasteiger partial charge in [0.05, 0.1) is 22.0 Å². The lowest BCUT2D eigenvalue weighted by Gasteiger charge is -2.30. The quantitative estimate of drug-likeness (QED) is 0.309. The van der Waals surface area contributed by atoms with Crippen molar-refractivity contribution in [2.75, 3.05) is 11.9 Å². The van der Waals surface area contributed by atoms with Crippen molar-refractivity contribution in [3.63, 3.8) is 0 Å². The van der Waals surface area contributed by atoms with Crippen LogP contribution in [0, 0.1) is 12.8 Å². The van der Waals surface area contributed by atoms with E-state index in [0.29, 0.717) is 24.5 Å². The van der Waals surface area contributed by atoms with Crippen molar-refractivity contribution in [1.29, 1.82) is 0 Å². The van der Waals surface area contributed by atoms with Crippen LogP contribution in [0.25, 0.3) is 10.2 Å². The zero-order valence-electron chi connectivity index (χ0n) is 26.9. The number of rotatable bonds is 7. The smallest absolute Gasteiger partial charge is 0.274 e. The largest absolute Gasteiger partial charge is 0.465 e. The molecule has 7 rings (SSSR count). The van der Waals surface area contributed by atoms with E-state index in [4.69, 9.17) is 4.74 Å². The molecule has 0 bridgehead atoms. The maximum absolute atomic E-state index is 14.4. The number of anilines is 1. The van der Waals surface area contributed by atoms with E-state index < -0.39 is 50.8 Å². The highest BCUT2D eigenvalue weighted by Crippen LogP contribution is 2.46. The first-order valence-electron chi connectivity index (χ1n) is 16.8. The van der Waals surface area contributed by atoms with Crippen LogP contribution >= 0.6 is 11.3 Å². The molecule has 11 nitrogen and oxygen atoms in total. The second-order valence-electron chi connectivity index (χ2n) is 13.5. The van der Waals surface area contributed by atoms with Crippen molar-refractivity contribution >= 4 is 55.0 Å². The summed E-state index contributed by atoms with van der Waals surface area (Å²) in [7, 11) is -3.82. The van der Waals surface area contributed by atoms with Crippen molar-refractivity contribution in [1.82, 2.24) is 19.9 Å². The Labute approximate surface area is 284 Å². The van der Waals surface area contributed by atoms with Gasteiger partial charge in [0, 0.05) is 18.0 Å². The zero-order chi connectivity index (χ0) is 33.5. The average molecular weight is 692 g/mol. The Balaban J connectivity index is 1.18. The van der Waals surface area contributed by atoms with E-state index in [1.54, 1.807) is 4.90 Å². The van der Waals surface area contributed by atoms with E-state index in [1.807, 2.05) is 67.6 Å². The van der Waals surface area contributed by atoms with Gasteiger partial charge in [-0.05, 0) is 75.3 Å². The first-order valence-corrected chi connectivity index (χ1v) is 19.2. The van der Waals surface area contributed by atoms with Crippen LogP contribution in [-0.4, -0.2) is 71.5 Å². The molecule has 0 unspecified atom stereocenters. The van der Waals surface area contributed by atoms with Gasteiger partial charge >= 0.3 is 0 Å². The number of carbonyl (C=O) groups is 3. The minimum absolute atomic E-state index is 0.164. The molecule has 13 heteroatoms. The number of sulfonamides is 1. The van der Waals surface area contributed by atoms with Gasteiger partial charge in [-0.15, -0.1) is 0 Å². The lowest BCUT2D eigenvalue weighted by molar-refractivity contribution is -0.140. The summed E-state index contributed by atoms with van der Waals surface area (Å²) < 4.78 is 35.1. The Morgan fingerprint density at radius 3 is 2.69 bits per heavy atom. The van der Waals surface area contributed by atoms with Crippen LogP contribution in [0.15, 0.2) is 60.7 Å². The molecule has 5 atom stereocenters. The second kappa shape index (κ2) is 13.1. The number of carbonyl (C=O) groups excluding carboxylic acids is 3. The topological polar surface area (TPSA) is 147 Å². The molecule has 2 saturated carbocycles. The first-order chi connectivity index (χ1) is 23.1. The predicted octanol–water partition coefficient (Wildman–Crippen LogP) is 4.44. The summed E-state index contributed by atoms with van der Waals surface area (Å²) in [6.45, 7) is 2.18. The van der Waals surface area contributed by atoms with E-state index in [0.717, 1.165) is 47.2 Å². The normalized spacial score (nSPS) is 28.1. The third-order valence-corrected chi connectivity index (χ3v) is 12.5. The fourth-order valence-electron chi connectivity index (χ4n) is 6.79. The molecule has 254 valence electrons. The molecule has 3 heterocycles. The Morgan fingerprint density at radius 2 is 1.90 bits per heavy atom. The number of aryl methyl sites for hydroxylation is 1. The standard InChI is InChI=1S/C35H41N5O6S2/c1-22-14-17-27-30(18-22)47-34(37-27)46-25-19-29-31(41)38-35(33(43)39-48(44,45)26-15-16-26)20-23(35)10-6-3-2-4-9-13-28(32(42)40(29)21-25)36-24-11-7-5-8-12-24/h5-8,10-12,14,17-18,23,25-26,28-29,36H,2-4,9,13,15-16,19-21H2,1H3,(H,38,41)(H,39,43)/t23-,25-,28+,29+,35-/m1/s1. The SMILES string of the molecule is Cc1ccc2nc(O[C@@H]3C[C@H]4C(=O)N[C@]5(C(=O)NS(=O)(=O)C6CC6)C[C@H]5C=CCCCCC[C@H](Nc5ccccc5)C(=O)N4C3)sc2c1. The van der Waals surface area contributed by atoms with Crippen molar-refractivity contribution in [2.24, 2.45) is 5.92 Å². The van der Waals surface area contributed by atoms with Gasteiger partial charge in [-0.1, -0.05) is 60.6 Å². The van der Waals surface area contributed by atoms with E-state index >= 15 is 0 Å². The Kier molecular flexibility index (Phi) is 8.92. The number of para-hydroxylation sites is 1. The molecule has 0 radical (unpaired) electrons. The number of thiazole rings is 1. The summed E-state index contributed by atoms with van der Waals surface area (Å²) in [5.74, 6) is -1.80. The molecule has 2 aliphatic heterocycles. The molecule has 0 spiro atoms. The second-order valence-corrected chi connectivity index (χ2v) is 16.5. The molecule has 3 aromatic rings. The maximum atomic E-state index is 14.4. The van der Waals surface area contributed by atoms with Crippen molar-refractivity contribution in [3.8, 4) is 5.19 Å². The Morgan fingerprint density at radius 1 is 1.08 bits per heavy atom. The Hall–Kier alpha value is -3.97. The van der Waals surface area contributed by atoms with Gasteiger partial charge in [0.2, 0.25) is 21.8 Å². The van der Waals surface area contributed by atoms with Crippen LogP contribution in [0.1, 0.15) is 63.4 Å². The molecule has 2 aromatic carbocycles. The van der Waals surface area contributed by atoms with Crippen LogP contribution in [0.2, 0.25) is 0 Å². The summed E-state index contributed by atoms with van der Waals surface area (Å²) in [6.07, 6.45) is 8.91. The summed E-state index contributed by atoms with van der Waals surface area (Å²) in [4.78, 5) is 48.5. The molecule has 1 saturated heterocycles. The number of nitrogens with zero attached hydrogens (tertiary/aromatic N) is 2.